The first-order valence-corrected chi connectivity index (χ1v) is 8.50. The minimum absolute atomic E-state index is 0.0161. The number of hydrogen-bond donors (Lipinski definition) is 0. The third kappa shape index (κ3) is 2.46. The highest BCUT2D eigenvalue weighted by molar-refractivity contribution is 9.10. The Hall–Kier alpha value is -1.73. The van der Waals surface area contributed by atoms with Gasteiger partial charge < -0.3 is 4.74 Å². The molecule has 124 valence electrons. The van der Waals surface area contributed by atoms with E-state index in [1.165, 1.54) is 6.07 Å². The second-order valence-electron chi connectivity index (χ2n) is 6.23. The predicted molar refractivity (Wildman–Crippen MR) is 89.2 cm³/mol. The van der Waals surface area contributed by atoms with Crippen LogP contribution in [-0.4, -0.2) is 49.3 Å². The lowest BCUT2D eigenvalue weighted by Crippen LogP contribution is -2.52. The molecule has 4 unspecified atom stereocenters. The monoisotopic (exact) mass is 392 g/mol. The number of hydrogen-bond acceptors (Lipinski definition) is 5. The summed E-state index contributed by atoms with van der Waals surface area (Å²) in [5.74, 6) is -1.80. The second-order valence-corrected chi connectivity index (χ2v) is 7.08. The third-order valence-corrected chi connectivity index (χ3v) is 5.44. The molecule has 7 heteroatoms. The standard InChI is InChI=1S/C17H14BrFN2O3/c18-9-3-8(1-2-10(9)19)15-16-11(4-20-5-13(16)22)21-12-6-24-7-14(23)17(12)15/h1-4,11,15-17H,5-7H2. The van der Waals surface area contributed by atoms with E-state index in [0.29, 0.717) is 10.2 Å². The average molecular weight is 393 g/mol. The molecule has 4 rings (SSSR count). The summed E-state index contributed by atoms with van der Waals surface area (Å²) in [6, 6.07) is 4.26. The van der Waals surface area contributed by atoms with Crippen LogP contribution in [0.5, 0.6) is 0 Å². The molecule has 3 aliphatic heterocycles. The number of Topliss-reactive ketones (excluding diaryl/α,β-unsaturated/α-hetero) is 2. The van der Waals surface area contributed by atoms with Crippen LogP contribution >= 0.6 is 15.9 Å². The summed E-state index contributed by atoms with van der Waals surface area (Å²) in [7, 11) is 0. The molecule has 0 amide bonds. The number of fused-ring (bicyclic) bond motifs is 2. The van der Waals surface area contributed by atoms with Crippen molar-refractivity contribution in [2.45, 2.75) is 12.0 Å². The van der Waals surface area contributed by atoms with Crippen molar-refractivity contribution in [3.8, 4) is 0 Å². The third-order valence-electron chi connectivity index (χ3n) is 4.83. The normalized spacial score (nSPS) is 32.2. The van der Waals surface area contributed by atoms with Crippen molar-refractivity contribution >= 4 is 39.4 Å². The SMILES string of the molecule is O=C1COCC2=NC3C=NCC(=O)C3C(c3ccc(F)c(Br)c3)C12. The zero-order valence-electron chi connectivity index (χ0n) is 12.6. The van der Waals surface area contributed by atoms with Crippen molar-refractivity contribution in [1.29, 1.82) is 0 Å². The Morgan fingerprint density at radius 2 is 2.00 bits per heavy atom. The molecular weight excluding hydrogens is 379 g/mol. The van der Waals surface area contributed by atoms with Crippen molar-refractivity contribution in [1.82, 2.24) is 0 Å². The van der Waals surface area contributed by atoms with E-state index in [2.05, 4.69) is 25.9 Å². The maximum absolute atomic E-state index is 13.6. The predicted octanol–water partition coefficient (Wildman–Crippen LogP) is 1.98. The lowest BCUT2D eigenvalue weighted by molar-refractivity contribution is -0.130. The minimum atomic E-state index is -0.493. The first kappa shape index (κ1) is 15.8. The zero-order valence-corrected chi connectivity index (χ0v) is 14.2. The molecular formula is C17H14BrFN2O3. The molecule has 0 radical (unpaired) electrons. The fourth-order valence-corrected chi connectivity index (χ4v) is 4.23. The quantitative estimate of drug-likeness (QED) is 0.733. The summed E-state index contributed by atoms with van der Waals surface area (Å²) < 4.78 is 19.3. The van der Waals surface area contributed by atoms with Gasteiger partial charge in [-0.1, -0.05) is 6.07 Å². The number of carbonyl (C=O) groups excluding carboxylic acids is 2. The van der Waals surface area contributed by atoms with Gasteiger partial charge in [0.15, 0.2) is 11.6 Å². The number of ketones is 2. The zero-order chi connectivity index (χ0) is 16.8. The van der Waals surface area contributed by atoms with Crippen LogP contribution < -0.4 is 0 Å². The molecule has 3 heterocycles. The van der Waals surface area contributed by atoms with Gasteiger partial charge in [0.25, 0.3) is 0 Å². The lowest BCUT2D eigenvalue weighted by atomic mass is 9.66. The number of aliphatic imine (C=N–C) groups is 2. The first-order chi connectivity index (χ1) is 11.6. The Kier molecular flexibility index (Phi) is 3.92. The summed E-state index contributed by atoms with van der Waals surface area (Å²) in [5.41, 5.74) is 1.41. The molecule has 5 nitrogen and oxygen atoms in total. The maximum Gasteiger partial charge on any atom is 0.167 e. The molecule has 0 N–H and O–H groups in total. The second kappa shape index (κ2) is 5.97. The van der Waals surface area contributed by atoms with Crippen molar-refractivity contribution in [2.24, 2.45) is 21.8 Å². The molecule has 1 aromatic carbocycles. The average Bonchev–Trinajstić information content (AvgIpc) is 2.56. The molecule has 0 bridgehead atoms. The highest BCUT2D eigenvalue weighted by Gasteiger charge is 2.49. The van der Waals surface area contributed by atoms with Gasteiger partial charge in [-0.3, -0.25) is 19.6 Å². The van der Waals surface area contributed by atoms with E-state index < -0.39 is 11.8 Å². The topological polar surface area (TPSA) is 68.1 Å². The van der Waals surface area contributed by atoms with E-state index >= 15 is 0 Å². The van der Waals surface area contributed by atoms with Gasteiger partial charge in [-0.2, -0.15) is 0 Å². The van der Waals surface area contributed by atoms with Crippen LogP contribution in [-0.2, 0) is 14.3 Å². The van der Waals surface area contributed by atoms with Crippen LogP contribution in [0.1, 0.15) is 11.5 Å². The molecule has 1 fully saturated rings. The van der Waals surface area contributed by atoms with Gasteiger partial charge in [0.2, 0.25) is 0 Å². The molecule has 3 aliphatic rings. The Bertz CT molecular complexity index is 792. The van der Waals surface area contributed by atoms with Crippen LogP contribution in [0.2, 0.25) is 0 Å². The van der Waals surface area contributed by atoms with Gasteiger partial charge in [0, 0.05) is 12.1 Å². The Morgan fingerprint density at radius 3 is 2.79 bits per heavy atom. The van der Waals surface area contributed by atoms with Gasteiger partial charge in [0.05, 0.1) is 41.2 Å². The number of ether oxygens (including phenoxy) is 1. The highest BCUT2D eigenvalue weighted by atomic mass is 79.9. The molecule has 1 aromatic rings. The Morgan fingerprint density at radius 1 is 1.17 bits per heavy atom. The summed E-state index contributed by atoms with van der Waals surface area (Å²) in [5, 5.41) is 0. The minimum Gasteiger partial charge on any atom is -0.368 e. The van der Waals surface area contributed by atoms with Crippen LogP contribution in [0, 0.1) is 17.7 Å². The van der Waals surface area contributed by atoms with Gasteiger partial charge >= 0.3 is 0 Å². The van der Waals surface area contributed by atoms with E-state index in [-0.39, 0.29) is 49.1 Å². The first-order valence-electron chi connectivity index (χ1n) is 7.71. The maximum atomic E-state index is 13.6. The van der Waals surface area contributed by atoms with Crippen LogP contribution in [0.4, 0.5) is 4.39 Å². The van der Waals surface area contributed by atoms with Crippen molar-refractivity contribution < 1.29 is 18.7 Å². The van der Waals surface area contributed by atoms with Crippen LogP contribution in [0.3, 0.4) is 0 Å². The van der Waals surface area contributed by atoms with Gasteiger partial charge in [-0.05, 0) is 33.6 Å². The largest absolute Gasteiger partial charge is 0.368 e. The fourth-order valence-electron chi connectivity index (χ4n) is 3.83. The summed E-state index contributed by atoms with van der Waals surface area (Å²) in [4.78, 5) is 33.7. The van der Waals surface area contributed by atoms with Crippen molar-refractivity contribution in [3.63, 3.8) is 0 Å². The lowest BCUT2D eigenvalue weighted by Gasteiger charge is -2.42. The highest BCUT2D eigenvalue weighted by Crippen LogP contribution is 2.43. The smallest absolute Gasteiger partial charge is 0.167 e. The van der Waals surface area contributed by atoms with Gasteiger partial charge in [-0.25, -0.2) is 4.39 Å². The fraction of sp³-hybridized carbons (Fsp3) is 0.412. The van der Waals surface area contributed by atoms with Gasteiger partial charge in [0.1, 0.15) is 12.4 Å². The summed E-state index contributed by atoms with van der Waals surface area (Å²) in [6.45, 7) is 0.394. The summed E-state index contributed by atoms with van der Waals surface area (Å²) >= 11 is 3.19. The molecule has 0 saturated carbocycles. The molecule has 0 aromatic heterocycles. The number of carbonyl (C=O) groups is 2. The van der Waals surface area contributed by atoms with Crippen molar-refractivity contribution in [2.75, 3.05) is 19.8 Å². The number of nitrogens with zero attached hydrogens (tertiary/aromatic N) is 2. The molecule has 4 atom stereocenters. The van der Waals surface area contributed by atoms with Crippen LogP contribution in [0.15, 0.2) is 32.7 Å². The molecule has 0 aliphatic carbocycles. The Balaban J connectivity index is 1.87. The van der Waals surface area contributed by atoms with E-state index in [1.54, 1.807) is 18.3 Å². The number of benzene rings is 1. The van der Waals surface area contributed by atoms with E-state index in [0.717, 1.165) is 5.56 Å². The molecule has 24 heavy (non-hydrogen) atoms. The van der Waals surface area contributed by atoms with Crippen LogP contribution in [0.25, 0.3) is 0 Å². The number of halogens is 2. The van der Waals surface area contributed by atoms with E-state index in [4.69, 9.17) is 4.74 Å². The Labute approximate surface area is 146 Å². The molecule has 1 saturated heterocycles. The van der Waals surface area contributed by atoms with Gasteiger partial charge in [-0.15, -0.1) is 0 Å². The van der Waals surface area contributed by atoms with E-state index in [9.17, 15) is 14.0 Å². The van der Waals surface area contributed by atoms with E-state index in [1.807, 2.05) is 0 Å². The molecule has 0 spiro atoms. The number of rotatable bonds is 1. The summed E-state index contributed by atoms with van der Waals surface area (Å²) in [6.07, 6.45) is 1.68. The van der Waals surface area contributed by atoms with Crippen molar-refractivity contribution in [3.05, 3.63) is 34.1 Å².